The summed E-state index contributed by atoms with van der Waals surface area (Å²) in [5.41, 5.74) is -6.26. The summed E-state index contributed by atoms with van der Waals surface area (Å²) < 4.78 is 10.8. The average Bonchev–Trinajstić information content (AvgIpc) is 2.58. The Bertz CT molecular complexity index is 576. The standard InChI is InChI=1S/C15H22O7/c1-7-4-8(16)14(19)11(2)6-21-15(20)10(17)13(7,14)5-9(22-15)12(11,3)18/h7,9-10,17-20H,4-6H2,1-3H3/t7-,9-,10?,11-,12+,13+,14+,15-/m1/s1. The summed E-state index contributed by atoms with van der Waals surface area (Å²) in [6.07, 6.45) is -2.24. The molecule has 0 aromatic heterocycles. The van der Waals surface area contributed by atoms with E-state index in [1.807, 2.05) is 0 Å². The van der Waals surface area contributed by atoms with E-state index in [9.17, 15) is 25.2 Å². The van der Waals surface area contributed by atoms with E-state index in [2.05, 4.69) is 0 Å². The topological polar surface area (TPSA) is 116 Å². The van der Waals surface area contributed by atoms with Gasteiger partial charge in [0.05, 0.1) is 23.7 Å². The first-order chi connectivity index (χ1) is 9.97. The lowest BCUT2D eigenvalue weighted by Crippen LogP contribution is -2.81. The van der Waals surface area contributed by atoms with Gasteiger partial charge in [-0.1, -0.05) is 13.8 Å². The van der Waals surface area contributed by atoms with Crippen LogP contribution < -0.4 is 0 Å². The molecule has 7 heteroatoms. The number of fused-ring (bicyclic) bond motifs is 1. The molecule has 0 aromatic carbocycles. The number of hydrogen-bond donors (Lipinski definition) is 4. The van der Waals surface area contributed by atoms with E-state index in [0.717, 1.165) is 0 Å². The molecule has 8 atom stereocenters. The predicted octanol–water partition coefficient (Wildman–Crippen LogP) is -1.09. The first-order valence-electron chi connectivity index (χ1n) is 7.67. The smallest absolute Gasteiger partial charge is 0.309 e. The van der Waals surface area contributed by atoms with Crippen molar-refractivity contribution in [1.82, 2.24) is 0 Å². The van der Waals surface area contributed by atoms with Crippen molar-refractivity contribution in [2.75, 3.05) is 6.61 Å². The van der Waals surface area contributed by atoms with Gasteiger partial charge in [0.2, 0.25) is 0 Å². The van der Waals surface area contributed by atoms with E-state index in [-0.39, 0.29) is 25.4 Å². The van der Waals surface area contributed by atoms with Crippen LogP contribution in [-0.4, -0.2) is 62.2 Å². The lowest BCUT2D eigenvalue weighted by atomic mass is 9.44. The highest BCUT2D eigenvalue weighted by Crippen LogP contribution is 2.72. The third-order valence-electron chi connectivity index (χ3n) is 7.23. The maximum absolute atomic E-state index is 12.7. The SMILES string of the molecule is C[C@@H]1CC(=O)[C@]2(O)[C@]3(C)CO[C@@]4(O)O[C@H](C[C@@]12C4O)[C@]3(C)O. The minimum atomic E-state index is -2.33. The van der Waals surface area contributed by atoms with Gasteiger partial charge in [0.15, 0.2) is 5.78 Å². The molecule has 3 aliphatic heterocycles. The van der Waals surface area contributed by atoms with Crippen LogP contribution in [0.4, 0.5) is 0 Å². The number of carbonyl (C=O) groups is 1. The molecule has 2 saturated carbocycles. The third-order valence-corrected chi connectivity index (χ3v) is 7.23. The van der Waals surface area contributed by atoms with Gasteiger partial charge < -0.3 is 29.9 Å². The lowest BCUT2D eigenvalue weighted by Gasteiger charge is -2.66. The molecule has 0 aromatic rings. The van der Waals surface area contributed by atoms with Crippen molar-refractivity contribution in [3.05, 3.63) is 0 Å². The molecule has 3 heterocycles. The van der Waals surface area contributed by atoms with Crippen molar-refractivity contribution in [3.8, 4) is 0 Å². The van der Waals surface area contributed by atoms with Gasteiger partial charge in [-0.3, -0.25) is 4.79 Å². The average molecular weight is 314 g/mol. The second-order valence-electron chi connectivity index (χ2n) is 7.89. The van der Waals surface area contributed by atoms with Crippen LogP contribution in [0, 0.1) is 16.7 Å². The van der Waals surface area contributed by atoms with Crippen molar-refractivity contribution in [2.45, 2.75) is 63.0 Å². The van der Waals surface area contributed by atoms with Gasteiger partial charge in [-0.2, -0.15) is 0 Å². The number of rotatable bonds is 0. The van der Waals surface area contributed by atoms with Crippen molar-refractivity contribution in [3.63, 3.8) is 0 Å². The molecular formula is C15H22O7. The van der Waals surface area contributed by atoms with E-state index < -0.39 is 46.0 Å². The molecule has 7 nitrogen and oxygen atoms in total. The molecule has 5 fully saturated rings. The van der Waals surface area contributed by atoms with Gasteiger partial charge in [0.1, 0.15) is 11.7 Å². The number of carbonyl (C=O) groups excluding carboxylic acids is 1. The Morgan fingerprint density at radius 2 is 1.86 bits per heavy atom. The van der Waals surface area contributed by atoms with Crippen LogP contribution in [0.5, 0.6) is 0 Å². The van der Waals surface area contributed by atoms with Crippen LogP contribution in [0.15, 0.2) is 0 Å². The molecule has 2 aliphatic carbocycles. The summed E-state index contributed by atoms with van der Waals surface area (Å²) in [4.78, 5) is 12.7. The van der Waals surface area contributed by atoms with Crippen LogP contribution in [0.25, 0.3) is 0 Å². The van der Waals surface area contributed by atoms with E-state index in [0.29, 0.717) is 0 Å². The number of ketones is 1. The van der Waals surface area contributed by atoms with Gasteiger partial charge in [0.25, 0.3) is 0 Å². The molecule has 1 spiro atoms. The van der Waals surface area contributed by atoms with Crippen LogP contribution in [0.1, 0.15) is 33.6 Å². The molecule has 4 bridgehead atoms. The quantitative estimate of drug-likeness (QED) is 0.449. The molecular weight excluding hydrogens is 292 g/mol. The number of Topliss-reactive ketones (excluding diaryl/α,β-unsaturated/α-hetero) is 1. The Hall–Kier alpha value is -0.570. The normalized spacial score (nSPS) is 66.5. The van der Waals surface area contributed by atoms with Crippen molar-refractivity contribution in [1.29, 1.82) is 0 Å². The minimum Gasteiger partial charge on any atom is -0.387 e. The Balaban J connectivity index is 2.09. The maximum Gasteiger partial charge on any atom is 0.309 e. The van der Waals surface area contributed by atoms with Gasteiger partial charge in [0, 0.05) is 11.8 Å². The first-order valence-corrected chi connectivity index (χ1v) is 7.67. The Morgan fingerprint density at radius 1 is 1.23 bits per heavy atom. The zero-order valence-corrected chi connectivity index (χ0v) is 12.9. The lowest BCUT2D eigenvalue weighted by molar-refractivity contribution is -0.456. The monoisotopic (exact) mass is 314 g/mol. The molecule has 0 amide bonds. The largest absolute Gasteiger partial charge is 0.387 e. The highest BCUT2D eigenvalue weighted by Gasteiger charge is 2.86. The third kappa shape index (κ3) is 1.10. The fourth-order valence-electron chi connectivity index (χ4n) is 5.56. The van der Waals surface area contributed by atoms with E-state index in [4.69, 9.17) is 9.47 Å². The van der Waals surface area contributed by atoms with Crippen LogP contribution in [0.2, 0.25) is 0 Å². The Labute approximate surface area is 127 Å². The van der Waals surface area contributed by atoms with Crippen molar-refractivity contribution in [2.24, 2.45) is 16.7 Å². The number of ether oxygens (including phenoxy) is 2. The predicted molar refractivity (Wildman–Crippen MR) is 71.3 cm³/mol. The summed E-state index contributed by atoms with van der Waals surface area (Å²) in [5.74, 6) is -3.11. The Kier molecular flexibility index (Phi) is 2.44. The van der Waals surface area contributed by atoms with Crippen LogP contribution in [0.3, 0.4) is 0 Å². The summed E-state index contributed by atoms with van der Waals surface area (Å²) >= 11 is 0. The first kappa shape index (κ1) is 15.0. The molecule has 5 aliphatic rings. The number of hydrogen-bond acceptors (Lipinski definition) is 7. The second-order valence-corrected chi connectivity index (χ2v) is 7.89. The van der Waals surface area contributed by atoms with Crippen LogP contribution >= 0.6 is 0 Å². The maximum atomic E-state index is 12.7. The zero-order valence-electron chi connectivity index (χ0n) is 12.9. The highest BCUT2D eigenvalue weighted by molar-refractivity contribution is 5.93. The summed E-state index contributed by atoms with van der Waals surface area (Å²) in [6, 6.07) is 0. The van der Waals surface area contributed by atoms with Crippen molar-refractivity contribution >= 4 is 5.78 Å². The molecule has 124 valence electrons. The Morgan fingerprint density at radius 3 is 2.50 bits per heavy atom. The summed E-state index contributed by atoms with van der Waals surface area (Å²) in [7, 11) is 0. The van der Waals surface area contributed by atoms with Crippen molar-refractivity contribution < 1.29 is 34.7 Å². The highest BCUT2D eigenvalue weighted by atomic mass is 16.8. The number of aliphatic hydroxyl groups excluding tert-OH is 1. The summed E-state index contributed by atoms with van der Waals surface area (Å²) in [6.45, 7) is 4.54. The van der Waals surface area contributed by atoms with Gasteiger partial charge >= 0.3 is 5.97 Å². The van der Waals surface area contributed by atoms with Gasteiger partial charge in [-0.25, -0.2) is 0 Å². The van der Waals surface area contributed by atoms with E-state index >= 15 is 0 Å². The minimum absolute atomic E-state index is 0.0853. The fourth-order valence-corrected chi connectivity index (χ4v) is 5.56. The molecule has 5 rings (SSSR count). The van der Waals surface area contributed by atoms with E-state index in [1.165, 1.54) is 6.92 Å². The fraction of sp³-hybridized carbons (Fsp3) is 0.933. The molecule has 22 heavy (non-hydrogen) atoms. The van der Waals surface area contributed by atoms with Crippen LogP contribution in [-0.2, 0) is 14.3 Å². The number of aliphatic hydroxyl groups is 4. The molecule has 0 radical (unpaired) electrons. The molecule has 1 unspecified atom stereocenters. The molecule has 4 N–H and O–H groups in total. The summed E-state index contributed by atoms with van der Waals surface area (Å²) in [5, 5.41) is 43.9. The van der Waals surface area contributed by atoms with E-state index in [1.54, 1.807) is 13.8 Å². The van der Waals surface area contributed by atoms with Gasteiger partial charge in [-0.15, -0.1) is 0 Å². The second kappa shape index (κ2) is 3.58. The van der Waals surface area contributed by atoms with Gasteiger partial charge in [-0.05, 0) is 19.3 Å². The molecule has 3 saturated heterocycles. The zero-order chi connectivity index (χ0) is 16.3.